The first-order chi connectivity index (χ1) is 16.4. The zero-order chi connectivity index (χ0) is 25.7. The summed E-state index contributed by atoms with van der Waals surface area (Å²) in [4.78, 5) is 26.5. The Balaban J connectivity index is 1.62. The summed E-state index contributed by atoms with van der Waals surface area (Å²) in [6.45, 7) is 4.45. The van der Waals surface area contributed by atoms with Crippen LogP contribution in [-0.2, 0) is 27.9 Å². The monoisotopic (exact) mass is 535 g/mol. The SMILES string of the molecule is CC(C)OC(=O)[C@H](C)NP1(=O)OC[C@@]2(CCl)O[C@@H](n3cnc4c(N(C)C)nc(N)nc43)[C@@H](F)[C@@H]2O1. The highest BCUT2D eigenvalue weighted by atomic mass is 35.5. The molecule has 0 aromatic carbocycles. The van der Waals surface area contributed by atoms with Gasteiger partial charge in [-0.25, -0.2) is 19.0 Å². The predicted molar refractivity (Wildman–Crippen MR) is 125 cm³/mol. The number of ether oxygens (including phenoxy) is 2. The van der Waals surface area contributed by atoms with Gasteiger partial charge in [0.25, 0.3) is 0 Å². The number of nitrogens with two attached hydrogens (primary N) is 1. The molecule has 2 aliphatic heterocycles. The quantitative estimate of drug-likeness (QED) is 0.301. The van der Waals surface area contributed by atoms with E-state index in [-0.39, 0.29) is 30.2 Å². The Morgan fingerprint density at radius 2 is 2.17 bits per heavy atom. The molecule has 2 aliphatic rings. The fraction of sp³-hybridized carbons (Fsp3) is 0.684. The van der Waals surface area contributed by atoms with Gasteiger partial charge in [0.05, 0.1) is 24.9 Å². The van der Waals surface area contributed by atoms with E-state index in [1.807, 2.05) is 0 Å². The van der Waals surface area contributed by atoms with Crippen molar-refractivity contribution in [1.29, 1.82) is 0 Å². The highest BCUT2D eigenvalue weighted by molar-refractivity contribution is 7.51. The number of hydrogen-bond acceptors (Lipinski definition) is 11. The molecule has 13 nitrogen and oxygen atoms in total. The fourth-order valence-corrected chi connectivity index (χ4v) is 5.99. The Bertz CT molecular complexity index is 1170. The summed E-state index contributed by atoms with van der Waals surface area (Å²) in [6.07, 6.45) is -3.53. The number of esters is 1. The largest absolute Gasteiger partial charge is 0.462 e. The maximum Gasteiger partial charge on any atom is 0.406 e. The Morgan fingerprint density at radius 3 is 2.80 bits per heavy atom. The Kier molecular flexibility index (Phi) is 6.99. The average Bonchev–Trinajstić information content (AvgIpc) is 3.31. The molecule has 2 aromatic heterocycles. The zero-order valence-corrected chi connectivity index (χ0v) is 21.5. The minimum absolute atomic E-state index is 0.0311. The number of rotatable bonds is 7. The molecule has 4 heterocycles. The maximum atomic E-state index is 15.9. The third kappa shape index (κ3) is 4.70. The molecule has 16 heteroatoms. The van der Waals surface area contributed by atoms with Gasteiger partial charge >= 0.3 is 13.7 Å². The van der Waals surface area contributed by atoms with Crippen LogP contribution in [0.1, 0.15) is 27.0 Å². The number of nitrogens with one attached hydrogen (secondary N) is 1. The van der Waals surface area contributed by atoms with Crippen molar-refractivity contribution in [2.45, 2.75) is 57.0 Å². The number of anilines is 2. The molecule has 6 atom stereocenters. The Labute approximate surface area is 206 Å². The standard InChI is InChI=1S/C19H28ClFN7O6P/c1-9(2)32-17(29)10(3)26-35(30)31-7-19(6-20)13(34-35)11(21)16(33-19)28-8-23-12-14(27(4)5)24-18(22)25-15(12)28/h8-11,13,16H,6-7H2,1-5H3,(H,26,30)(H2,22,24,25)/t10-,11-,13-,16+,19+,35?/m0/s1. The lowest BCUT2D eigenvalue weighted by Gasteiger charge is -2.39. The normalized spacial score (nSPS) is 31.5. The molecule has 1 unspecified atom stereocenters. The van der Waals surface area contributed by atoms with Crippen LogP contribution in [0.4, 0.5) is 16.2 Å². The second kappa shape index (κ2) is 9.41. The Morgan fingerprint density at radius 1 is 1.46 bits per heavy atom. The van der Waals surface area contributed by atoms with Gasteiger partial charge in [0.1, 0.15) is 17.7 Å². The number of carbonyl (C=O) groups excluding carboxylic acids is 1. The lowest BCUT2D eigenvalue weighted by atomic mass is 9.99. The minimum Gasteiger partial charge on any atom is -0.462 e. The summed E-state index contributed by atoms with van der Waals surface area (Å²) in [5, 5.41) is 2.49. The smallest absolute Gasteiger partial charge is 0.406 e. The van der Waals surface area contributed by atoms with Gasteiger partial charge in [0.2, 0.25) is 5.95 Å². The molecule has 0 radical (unpaired) electrons. The van der Waals surface area contributed by atoms with E-state index >= 15 is 4.39 Å². The molecule has 0 spiro atoms. The number of halogens is 2. The van der Waals surface area contributed by atoms with Crippen molar-refractivity contribution in [3.8, 4) is 0 Å². The van der Waals surface area contributed by atoms with Crippen LogP contribution in [0, 0.1) is 0 Å². The number of fused-ring (bicyclic) bond motifs is 2. The van der Waals surface area contributed by atoms with Gasteiger partial charge in [-0.2, -0.15) is 9.97 Å². The number of carbonyl (C=O) groups is 1. The van der Waals surface area contributed by atoms with Crippen LogP contribution in [0.5, 0.6) is 0 Å². The predicted octanol–water partition coefficient (Wildman–Crippen LogP) is 1.77. The van der Waals surface area contributed by atoms with Gasteiger partial charge in [-0.15, -0.1) is 11.6 Å². The van der Waals surface area contributed by atoms with E-state index in [0.29, 0.717) is 11.3 Å². The van der Waals surface area contributed by atoms with E-state index in [9.17, 15) is 9.36 Å². The molecule has 4 rings (SSSR count). The molecule has 3 N–H and O–H groups in total. The van der Waals surface area contributed by atoms with Crippen molar-refractivity contribution in [1.82, 2.24) is 24.6 Å². The van der Waals surface area contributed by atoms with Crippen molar-refractivity contribution in [2.75, 3.05) is 37.2 Å². The van der Waals surface area contributed by atoms with E-state index in [2.05, 4.69) is 20.0 Å². The van der Waals surface area contributed by atoms with Gasteiger partial charge in [-0.1, -0.05) is 0 Å². The second-order valence-electron chi connectivity index (χ2n) is 8.91. The third-order valence-electron chi connectivity index (χ3n) is 5.57. The first-order valence-electron chi connectivity index (χ1n) is 10.9. The maximum absolute atomic E-state index is 15.9. The Hall–Kier alpha value is -2.09. The summed E-state index contributed by atoms with van der Waals surface area (Å²) in [6, 6.07) is -1.04. The number of imidazole rings is 1. The highest BCUT2D eigenvalue weighted by Crippen LogP contribution is 2.57. The van der Waals surface area contributed by atoms with Gasteiger partial charge in [0.15, 0.2) is 29.4 Å². The lowest BCUT2D eigenvalue weighted by Crippen LogP contribution is -2.53. The van der Waals surface area contributed by atoms with Crippen LogP contribution in [0.15, 0.2) is 6.33 Å². The minimum atomic E-state index is -4.12. The summed E-state index contributed by atoms with van der Waals surface area (Å²) < 4.78 is 52.6. The molecule has 0 aliphatic carbocycles. The number of nitrogens with zero attached hydrogens (tertiary/aromatic N) is 5. The molecule has 194 valence electrons. The second-order valence-corrected chi connectivity index (χ2v) is 10.9. The van der Waals surface area contributed by atoms with Crippen molar-refractivity contribution in [3.05, 3.63) is 6.33 Å². The lowest BCUT2D eigenvalue weighted by molar-refractivity contribution is -0.149. The average molecular weight is 536 g/mol. The number of alkyl halides is 2. The van der Waals surface area contributed by atoms with Gasteiger partial charge in [-0.3, -0.25) is 18.4 Å². The molecular weight excluding hydrogens is 508 g/mol. The highest BCUT2D eigenvalue weighted by Gasteiger charge is 2.63. The van der Waals surface area contributed by atoms with Crippen LogP contribution in [0.25, 0.3) is 11.2 Å². The van der Waals surface area contributed by atoms with Crippen molar-refractivity contribution in [3.63, 3.8) is 0 Å². The van der Waals surface area contributed by atoms with E-state index in [4.69, 9.17) is 35.9 Å². The molecular formula is C19H28ClFN7O6P. The number of hydrogen-bond donors (Lipinski definition) is 2. The first kappa shape index (κ1) is 26.0. The number of aromatic nitrogens is 4. The van der Waals surface area contributed by atoms with Crippen molar-refractivity contribution < 1.29 is 32.3 Å². The summed E-state index contributed by atoms with van der Waals surface area (Å²) >= 11 is 6.17. The van der Waals surface area contributed by atoms with E-state index in [0.717, 1.165) is 0 Å². The van der Waals surface area contributed by atoms with Gasteiger partial charge in [0, 0.05) is 14.1 Å². The summed E-state index contributed by atoms with van der Waals surface area (Å²) in [5.74, 6) is -0.462. The van der Waals surface area contributed by atoms with Crippen LogP contribution < -0.4 is 15.7 Å². The van der Waals surface area contributed by atoms with Gasteiger partial charge < -0.3 is 20.1 Å². The number of nitrogen functional groups attached to an aromatic ring is 1. The van der Waals surface area contributed by atoms with Gasteiger partial charge in [-0.05, 0) is 20.8 Å². The third-order valence-corrected chi connectivity index (χ3v) is 7.70. The topological polar surface area (TPSA) is 156 Å². The van der Waals surface area contributed by atoms with E-state index < -0.39 is 43.9 Å². The molecule has 0 amide bonds. The summed E-state index contributed by atoms with van der Waals surface area (Å²) in [7, 11) is -0.599. The van der Waals surface area contributed by atoms with Crippen LogP contribution in [0.3, 0.4) is 0 Å². The van der Waals surface area contributed by atoms with E-state index in [1.165, 1.54) is 17.8 Å². The first-order valence-corrected chi connectivity index (χ1v) is 12.9. The molecule has 35 heavy (non-hydrogen) atoms. The van der Waals surface area contributed by atoms with Crippen molar-refractivity contribution >= 4 is 48.2 Å². The molecule has 2 aromatic rings. The van der Waals surface area contributed by atoms with Crippen LogP contribution in [-0.4, -0.2) is 82.1 Å². The summed E-state index contributed by atoms with van der Waals surface area (Å²) in [5.41, 5.74) is 5.03. The molecule has 2 saturated heterocycles. The molecule has 0 bridgehead atoms. The molecule has 2 fully saturated rings. The van der Waals surface area contributed by atoms with E-state index in [1.54, 1.807) is 32.8 Å². The molecule has 0 saturated carbocycles. The van der Waals surface area contributed by atoms with Crippen molar-refractivity contribution in [2.24, 2.45) is 0 Å². The zero-order valence-electron chi connectivity index (χ0n) is 19.8. The fourth-order valence-electron chi connectivity index (χ4n) is 3.92. The van der Waals surface area contributed by atoms with Crippen LogP contribution >= 0.6 is 19.3 Å². The van der Waals surface area contributed by atoms with Crippen LogP contribution in [0.2, 0.25) is 0 Å².